The monoisotopic (exact) mass is 339 g/mol. The number of hydrogen-bond donors (Lipinski definition) is 0. The summed E-state index contributed by atoms with van der Waals surface area (Å²) in [7, 11) is 1.98. The number of benzene rings is 1. The van der Waals surface area contributed by atoms with Crippen LogP contribution in [0.4, 0.5) is 0 Å². The third kappa shape index (κ3) is 3.28. The van der Waals surface area contributed by atoms with Crippen LogP contribution in [0, 0.1) is 0 Å². The summed E-state index contributed by atoms with van der Waals surface area (Å²) >= 11 is 0. The molecule has 0 unspecified atom stereocenters. The molecular formula is C20H25N3O2. The quantitative estimate of drug-likeness (QED) is 0.864. The van der Waals surface area contributed by atoms with Crippen LogP contribution in [0.1, 0.15) is 42.1 Å². The molecule has 1 amide bonds. The average molecular weight is 339 g/mol. The third-order valence-electron chi connectivity index (χ3n) is 5.29. The second kappa shape index (κ2) is 6.54. The van der Waals surface area contributed by atoms with Crippen molar-refractivity contribution < 1.29 is 9.53 Å². The highest BCUT2D eigenvalue weighted by Gasteiger charge is 2.22. The van der Waals surface area contributed by atoms with Gasteiger partial charge >= 0.3 is 0 Å². The molecule has 4 rings (SSSR count). The van der Waals surface area contributed by atoms with Gasteiger partial charge in [-0.3, -0.25) is 9.48 Å². The molecule has 0 radical (unpaired) electrons. The lowest BCUT2D eigenvalue weighted by atomic mass is 10.0. The Labute approximate surface area is 148 Å². The minimum Gasteiger partial charge on any atom is -0.490 e. The molecule has 0 aliphatic carbocycles. The SMILES string of the molecule is C[C@H]1Cc2cc(CCC(=O)N3CCCc4c(cnn4C)C3)ccc2O1. The van der Waals surface area contributed by atoms with Crippen molar-refractivity contribution in [3.05, 3.63) is 46.8 Å². The molecule has 1 atom stereocenters. The first-order chi connectivity index (χ1) is 12.1. The van der Waals surface area contributed by atoms with Crippen molar-refractivity contribution in [2.24, 2.45) is 7.05 Å². The zero-order valence-corrected chi connectivity index (χ0v) is 15.0. The second-order valence-corrected chi connectivity index (χ2v) is 7.23. The van der Waals surface area contributed by atoms with Gasteiger partial charge < -0.3 is 9.64 Å². The molecule has 0 spiro atoms. The predicted octanol–water partition coefficient (Wildman–Crippen LogP) is 2.65. The number of rotatable bonds is 3. The minimum atomic E-state index is 0.238. The van der Waals surface area contributed by atoms with Gasteiger partial charge in [-0.1, -0.05) is 12.1 Å². The Morgan fingerprint density at radius 3 is 3.12 bits per heavy atom. The number of carbonyl (C=O) groups excluding carboxylic acids is 1. The summed E-state index contributed by atoms with van der Waals surface area (Å²) in [5, 5.41) is 4.33. The van der Waals surface area contributed by atoms with E-state index in [9.17, 15) is 4.79 Å². The summed E-state index contributed by atoms with van der Waals surface area (Å²) in [5.74, 6) is 1.24. The van der Waals surface area contributed by atoms with Gasteiger partial charge in [0.2, 0.25) is 5.91 Å². The van der Waals surface area contributed by atoms with Crippen LogP contribution in [0.15, 0.2) is 24.4 Å². The molecule has 5 heteroatoms. The molecule has 3 heterocycles. The molecule has 0 fully saturated rings. The third-order valence-corrected chi connectivity index (χ3v) is 5.29. The lowest BCUT2D eigenvalue weighted by molar-refractivity contribution is -0.131. The zero-order chi connectivity index (χ0) is 17.4. The molecular weight excluding hydrogens is 314 g/mol. The van der Waals surface area contributed by atoms with Crippen LogP contribution in [0.5, 0.6) is 5.75 Å². The van der Waals surface area contributed by atoms with Gasteiger partial charge in [0, 0.05) is 44.2 Å². The van der Waals surface area contributed by atoms with E-state index in [0.717, 1.165) is 38.0 Å². The first-order valence-corrected chi connectivity index (χ1v) is 9.16. The molecule has 5 nitrogen and oxygen atoms in total. The molecule has 0 N–H and O–H groups in total. The minimum absolute atomic E-state index is 0.238. The fourth-order valence-corrected chi connectivity index (χ4v) is 3.94. The first kappa shape index (κ1) is 16.2. The summed E-state index contributed by atoms with van der Waals surface area (Å²) < 4.78 is 7.69. The van der Waals surface area contributed by atoms with Crippen molar-refractivity contribution in [3.63, 3.8) is 0 Å². The smallest absolute Gasteiger partial charge is 0.223 e. The predicted molar refractivity (Wildman–Crippen MR) is 95.5 cm³/mol. The summed E-state index contributed by atoms with van der Waals surface area (Å²) in [6, 6.07) is 6.34. The number of carbonyl (C=O) groups is 1. The maximum Gasteiger partial charge on any atom is 0.223 e. The van der Waals surface area contributed by atoms with Gasteiger partial charge in [0.05, 0.1) is 6.20 Å². The van der Waals surface area contributed by atoms with Gasteiger partial charge in [0.1, 0.15) is 11.9 Å². The molecule has 132 valence electrons. The average Bonchev–Trinajstić information content (AvgIpc) is 3.05. The number of aromatic nitrogens is 2. The summed E-state index contributed by atoms with van der Waals surface area (Å²) in [6.45, 7) is 3.62. The molecule has 2 aromatic rings. The molecule has 1 aromatic heterocycles. The van der Waals surface area contributed by atoms with Crippen molar-refractivity contribution in [2.45, 2.75) is 51.7 Å². The lowest BCUT2D eigenvalue weighted by Gasteiger charge is -2.20. The van der Waals surface area contributed by atoms with Crippen LogP contribution < -0.4 is 4.74 Å². The maximum atomic E-state index is 12.7. The largest absolute Gasteiger partial charge is 0.490 e. The van der Waals surface area contributed by atoms with Crippen molar-refractivity contribution in [1.82, 2.24) is 14.7 Å². The van der Waals surface area contributed by atoms with Crippen molar-refractivity contribution in [1.29, 1.82) is 0 Å². The standard InChI is InChI=1S/C20H25N3O2/c1-14-10-16-11-15(5-7-19(16)25-14)6-8-20(24)23-9-3-4-18-17(13-23)12-21-22(18)2/h5,7,11-12,14H,3-4,6,8-10,13H2,1-2H3/t14-/m0/s1. The number of amides is 1. The van der Waals surface area contributed by atoms with Crippen LogP contribution in [-0.2, 0) is 37.6 Å². The molecule has 2 aliphatic heterocycles. The van der Waals surface area contributed by atoms with Crippen LogP contribution in [0.3, 0.4) is 0 Å². The molecule has 2 aliphatic rings. The molecule has 25 heavy (non-hydrogen) atoms. The highest BCUT2D eigenvalue weighted by atomic mass is 16.5. The highest BCUT2D eigenvalue weighted by Crippen LogP contribution is 2.29. The lowest BCUT2D eigenvalue weighted by Crippen LogP contribution is -2.30. The summed E-state index contributed by atoms with van der Waals surface area (Å²) in [5.41, 5.74) is 4.95. The van der Waals surface area contributed by atoms with E-state index in [1.165, 1.54) is 22.4 Å². The molecule has 0 saturated carbocycles. The zero-order valence-electron chi connectivity index (χ0n) is 15.0. The Kier molecular flexibility index (Phi) is 4.24. The Morgan fingerprint density at radius 1 is 1.36 bits per heavy atom. The molecule has 0 bridgehead atoms. The van der Waals surface area contributed by atoms with E-state index in [1.807, 2.05) is 28.9 Å². The summed E-state index contributed by atoms with van der Waals surface area (Å²) in [6.07, 6.45) is 6.49. The van der Waals surface area contributed by atoms with Crippen molar-refractivity contribution >= 4 is 5.91 Å². The summed E-state index contributed by atoms with van der Waals surface area (Å²) in [4.78, 5) is 14.7. The van der Waals surface area contributed by atoms with Crippen LogP contribution in [0.2, 0.25) is 0 Å². The number of aryl methyl sites for hydroxylation is 2. The maximum absolute atomic E-state index is 12.7. The number of ether oxygens (including phenoxy) is 1. The van der Waals surface area contributed by atoms with Gasteiger partial charge in [-0.05, 0) is 43.4 Å². The highest BCUT2D eigenvalue weighted by molar-refractivity contribution is 5.76. The van der Waals surface area contributed by atoms with E-state index in [-0.39, 0.29) is 12.0 Å². The van der Waals surface area contributed by atoms with Gasteiger partial charge in [0.15, 0.2) is 0 Å². The van der Waals surface area contributed by atoms with Crippen LogP contribution >= 0.6 is 0 Å². The normalized spacial score (nSPS) is 19.1. The van der Waals surface area contributed by atoms with E-state index >= 15 is 0 Å². The Morgan fingerprint density at radius 2 is 2.24 bits per heavy atom. The van der Waals surface area contributed by atoms with Gasteiger partial charge in [-0.25, -0.2) is 0 Å². The van der Waals surface area contributed by atoms with Gasteiger partial charge in [-0.15, -0.1) is 0 Å². The first-order valence-electron chi connectivity index (χ1n) is 9.16. The van der Waals surface area contributed by atoms with E-state index in [2.05, 4.69) is 24.2 Å². The van der Waals surface area contributed by atoms with Gasteiger partial charge in [-0.2, -0.15) is 5.10 Å². The van der Waals surface area contributed by atoms with Crippen LogP contribution in [-0.4, -0.2) is 33.2 Å². The number of nitrogens with zero attached hydrogens (tertiary/aromatic N) is 3. The van der Waals surface area contributed by atoms with E-state index in [4.69, 9.17) is 4.74 Å². The van der Waals surface area contributed by atoms with Gasteiger partial charge in [0.25, 0.3) is 0 Å². The fourth-order valence-electron chi connectivity index (χ4n) is 3.94. The van der Waals surface area contributed by atoms with Crippen molar-refractivity contribution in [2.75, 3.05) is 6.54 Å². The molecule has 1 aromatic carbocycles. The fraction of sp³-hybridized carbons (Fsp3) is 0.500. The van der Waals surface area contributed by atoms with Crippen molar-refractivity contribution in [3.8, 4) is 5.75 Å². The Hall–Kier alpha value is -2.30. The number of hydrogen-bond acceptors (Lipinski definition) is 3. The van der Waals surface area contributed by atoms with Crippen LogP contribution in [0.25, 0.3) is 0 Å². The second-order valence-electron chi connectivity index (χ2n) is 7.23. The number of fused-ring (bicyclic) bond motifs is 2. The van der Waals surface area contributed by atoms with E-state index in [1.54, 1.807) is 0 Å². The molecule has 0 saturated heterocycles. The topological polar surface area (TPSA) is 47.4 Å². The van der Waals surface area contributed by atoms with E-state index < -0.39 is 0 Å². The Bertz CT molecular complexity index is 796. The Balaban J connectivity index is 1.39. The van der Waals surface area contributed by atoms with E-state index in [0.29, 0.717) is 13.0 Å².